The number of hydrogen-bond donors (Lipinski definition) is 0. The second kappa shape index (κ2) is 7.50. The molecule has 3 aromatic rings. The summed E-state index contributed by atoms with van der Waals surface area (Å²) in [5.41, 5.74) is 3.36. The molecule has 0 saturated heterocycles. The van der Waals surface area contributed by atoms with Gasteiger partial charge in [-0.25, -0.2) is 0 Å². The lowest BCUT2D eigenvalue weighted by molar-refractivity contribution is 0.391. The fourth-order valence-corrected chi connectivity index (χ4v) is 3.46. The molecule has 0 saturated carbocycles. The third-order valence-corrected chi connectivity index (χ3v) is 5.05. The van der Waals surface area contributed by atoms with Gasteiger partial charge in [0.2, 0.25) is 0 Å². The highest BCUT2D eigenvalue weighted by molar-refractivity contribution is 7.98. The quantitative estimate of drug-likeness (QED) is 0.452. The molecule has 0 spiro atoms. The third-order valence-electron chi connectivity index (χ3n) is 4.06. The van der Waals surface area contributed by atoms with E-state index in [0.717, 1.165) is 28.0 Å². The Labute approximate surface area is 158 Å². The van der Waals surface area contributed by atoms with Crippen LogP contribution >= 0.6 is 11.8 Å². The standard InChI is InChI=1S/C20H24N4OS/c1-6-11-24-18(15-7-9-16(10-8-15)20(3,4)5)21-22-19(24)26-13-17-12-14(2)23-25-17/h6-10,12H,1,11,13H2,2-5H3. The van der Waals surface area contributed by atoms with Crippen LogP contribution in [0.3, 0.4) is 0 Å². The summed E-state index contributed by atoms with van der Waals surface area (Å²) < 4.78 is 7.35. The van der Waals surface area contributed by atoms with Crippen LogP contribution in [0.15, 0.2) is 52.7 Å². The second-order valence-corrected chi connectivity index (χ2v) is 8.20. The number of aromatic nitrogens is 4. The Morgan fingerprint density at radius 3 is 2.50 bits per heavy atom. The zero-order chi connectivity index (χ0) is 18.7. The van der Waals surface area contributed by atoms with Crippen LogP contribution in [-0.4, -0.2) is 19.9 Å². The van der Waals surface area contributed by atoms with Crippen molar-refractivity contribution >= 4 is 11.8 Å². The average molecular weight is 369 g/mol. The van der Waals surface area contributed by atoms with Gasteiger partial charge in [0.25, 0.3) is 0 Å². The molecule has 1 aromatic carbocycles. The molecule has 0 aliphatic rings. The minimum atomic E-state index is 0.129. The Morgan fingerprint density at radius 1 is 1.19 bits per heavy atom. The molecule has 6 heteroatoms. The van der Waals surface area contributed by atoms with Crippen molar-refractivity contribution in [3.05, 3.63) is 60.0 Å². The fourth-order valence-electron chi connectivity index (χ4n) is 2.64. The van der Waals surface area contributed by atoms with E-state index in [-0.39, 0.29) is 5.41 Å². The molecule has 0 radical (unpaired) electrons. The zero-order valence-corrected chi connectivity index (χ0v) is 16.5. The Balaban J connectivity index is 1.85. The number of nitrogens with zero attached hydrogens (tertiary/aromatic N) is 4. The maximum Gasteiger partial charge on any atom is 0.192 e. The second-order valence-electron chi connectivity index (χ2n) is 7.26. The minimum Gasteiger partial charge on any atom is -0.360 e. The van der Waals surface area contributed by atoms with E-state index in [1.165, 1.54) is 5.56 Å². The van der Waals surface area contributed by atoms with Crippen LogP contribution in [-0.2, 0) is 17.7 Å². The lowest BCUT2D eigenvalue weighted by atomic mass is 9.87. The third kappa shape index (κ3) is 4.07. The van der Waals surface area contributed by atoms with Gasteiger partial charge in [-0.2, -0.15) is 0 Å². The monoisotopic (exact) mass is 368 g/mol. The fraction of sp³-hybridized carbons (Fsp3) is 0.350. The van der Waals surface area contributed by atoms with Crippen molar-refractivity contribution < 1.29 is 4.52 Å². The summed E-state index contributed by atoms with van der Waals surface area (Å²) in [7, 11) is 0. The number of aryl methyl sites for hydroxylation is 1. The maximum atomic E-state index is 5.27. The summed E-state index contributed by atoms with van der Waals surface area (Å²) in [5, 5.41) is 13.5. The molecule has 26 heavy (non-hydrogen) atoms. The van der Waals surface area contributed by atoms with Crippen LogP contribution in [0.5, 0.6) is 0 Å². The summed E-state index contributed by atoms with van der Waals surface area (Å²) in [5.74, 6) is 2.34. The molecule has 0 amide bonds. The number of hydrogen-bond acceptors (Lipinski definition) is 5. The normalized spacial score (nSPS) is 11.7. The van der Waals surface area contributed by atoms with E-state index in [0.29, 0.717) is 12.3 Å². The van der Waals surface area contributed by atoms with Gasteiger partial charge in [-0.05, 0) is 17.9 Å². The Kier molecular flexibility index (Phi) is 5.32. The molecule has 0 aliphatic heterocycles. The molecule has 0 aliphatic carbocycles. The van der Waals surface area contributed by atoms with Crippen LogP contribution in [0.4, 0.5) is 0 Å². The van der Waals surface area contributed by atoms with E-state index in [2.05, 4.69) is 71.5 Å². The van der Waals surface area contributed by atoms with E-state index in [1.807, 2.05) is 19.1 Å². The summed E-state index contributed by atoms with van der Waals surface area (Å²) in [6.07, 6.45) is 1.86. The molecule has 0 atom stereocenters. The summed E-state index contributed by atoms with van der Waals surface area (Å²) in [4.78, 5) is 0. The molecule has 0 unspecified atom stereocenters. The van der Waals surface area contributed by atoms with Gasteiger partial charge >= 0.3 is 0 Å². The van der Waals surface area contributed by atoms with E-state index in [4.69, 9.17) is 4.52 Å². The molecule has 2 heterocycles. The van der Waals surface area contributed by atoms with Gasteiger partial charge in [0.15, 0.2) is 11.0 Å². The molecule has 3 rings (SSSR count). The van der Waals surface area contributed by atoms with E-state index in [9.17, 15) is 0 Å². The lowest BCUT2D eigenvalue weighted by Gasteiger charge is -2.19. The number of allylic oxidation sites excluding steroid dienone is 1. The van der Waals surface area contributed by atoms with Gasteiger partial charge in [0.1, 0.15) is 5.76 Å². The van der Waals surface area contributed by atoms with Crippen molar-refractivity contribution in [3.63, 3.8) is 0 Å². The largest absolute Gasteiger partial charge is 0.360 e. The van der Waals surface area contributed by atoms with Crippen LogP contribution in [0, 0.1) is 6.92 Å². The number of rotatable bonds is 6. The van der Waals surface area contributed by atoms with E-state index in [1.54, 1.807) is 11.8 Å². The molecule has 5 nitrogen and oxygen atoms in total. The number of thioether (sulfide) groups is 1. The summed E-state index contributed by atoms with van der Waals surface area (Å²) in [6, 6.07) is 10.5. The highest BCUT2D eigenvalue weighted by Crippen LogP contribution is 2.29. The van der Waals surface area contributed by atoms with E-state index < -0.39 is 0 Å². The SMILES string of the molecule is C=CCn1c(SCc2cc(C)no2)nnc1-c1ccc(C(C)(C)C)cc1. The molecular formula is C20H24N4OS. The van der Waals surface area contributed by atoms with Crippen molar-refractivity contribution in [3.8, 4) is 11.4 Å². The predicted octanol–water partition coefficient (Wildman–Crippen LogP) is 5.02. The maximum absolute atomic E-state index is 5.27. The predicted molar refractivity (Wildman–Crippen MR) is 105 cm³/mol. The Hall–Kier alpha value is -2.34. The van der Waals surface area contributed by atoms with Gasteiger partial charge in [0.05, 0.1) is 11.4 Å². The first-order chi connectivity index (χ1) is 12.4. The molecule has 0 fully saturated rings. The Bertz CT molecular complexity index is 887. The smallest absolute Gasteiger partial charge is 0.192 e. The van der Waals surface area contributed by atoms with Crippen molar-refractivity contribution in [2.45, 2.75) is 50.6 Å². The molecule has 0 N–H and O–H groups in total. The molecular weight excluding hydrogens is 344 g/mol. The topological polar surface area (TPSA) is 56.7 Å². The van der Waals surface area contributed by atoms with Crippen molar-refractivity contribution in [1.82, 2.24) is 19.9 Å². The van der Waals surface area contributed by atoms with Gasteiger partial charge in [-0.3, -0.25) is 4.57 Å². The highest BCUT2D eigenvalue weighted by atomic mass is 32.2. The van der Waals surface area contributed by atoms with Gasteiger partial charge in [-0.15, -0.1) is 16.8 Å². The Morgan fingerprint density at radius 2 is 1.92 bits per heavy atom. The average Bonchev–Trinajstić information content (AvgIpc) is 3.19. The van der Waals surface area contributed by atoms with Crippen LogP contribution < -0.4 is 0 Å². The van der Waals surface area contributed by atoms with Crippen LogP contribution in [0.1, 0.15) is 37.8 Å². The van der Waals surface area contributed by atoms with Crippen molar-refractivity contribution in [2.24, 2.45) is 0 Å². The number of benzene rings is 1. The lowest BCUT2D eigenvalue weighted by Crippen LogP contribution is -2.10. The summed E-state index contributed by atoms with van der Waals surface area (Å²) >= 11 is 1.58. The molecule has 136 valence electrons. The zero-order valence-electron chi connectivity index (χ0n) is 15.7. The molecule has 0 bridgehead atoms. The first kappa shape index (κ1) is 18.5. The van der Waals surface area contributed by atoms with Crippen molar-refractivity contribution in [1.29, 1.82) is 0 Å². The van der Waals surface area contributed by atoms with Gasteiger partial charge in [-0.1, -0.05) is 68.0 Å². The van der Waals surface area contributed by atoms with Gasteiger partial charge < -0.3 is 4.52 Å². The van der Waals surface area contributed by atoms with Crippen molar-refractivity contribution in [2.75, 3.05) is 0 Å². The minimum absolute atomic E-state index is 0.129. The van der Waals surface area contributed by atoms with Crippen LogP contribution in [0.25, 0.3) is 11.4 Å². The molecule has 2 aromatic heterocycles. The van der Waals surface area contributed by atoms with E-state index >= 15 is 0 Å². The summed E-state index contributed by atoms with van der Waals surface area (Å²) in [6.45, 7) is 13.1. The highest BCUT2D eigenvalue weighted by Gasteiger charge is 2.17. The first-order valence-corrected chi connectivity index (χ1v) is 9.57. The van der Waals surface area contributed by atoms with Gasteiger partial charge in [0, 0.05) is 18.2 Å². The first-order valence-electron chi connectivity index (χ1n) is 8.58. The van der Waals surface area contributed by atoms with Crippen LogP contribution in [0.2, 0.25) is 0 Å².